The number of benzene rings is 1. The Bertz CT molecular complexity index is 1030. The highest BCUT2D eigenvalue weighted by Crippen LogP contribution is 2.59. The summed E-state index contributed by atoms with van der Waals surface area (Å²) in [5.74, 6) is -6.72. The number of halogens is 6. The number of nitrogens with one attached hydrogen (secondary N) is 1. The zero-order valence-electron chi connectivity index (χ0n) is 16.5. The van der Waals surface area contributed by atoms with Gasteiger partial charge in [-0.1, -0.05) is 13.0 Å². The van der Waals surface area contributed by atoms with Crippen LogP contribution in [0.1, 0.15) is 42.8 Å². The Kier molecular flexibility index (Phi) is 5.43. The van der Waals surface area contributed by atoms with Gasteiger partial charge in [0.25, 0.3) is 0 Å². The molecule has 2 heterocycles. The van der Waals surface area contributed by atoms with Gasteiger partial charge >= 0.3 is 6.18 Å². The van der Waals surface area contributed by atoms with Gasteiger partial charge in [0.1, 0.15) is 6.10 Å². The van der Waals surface area contributed by atoms with Gasteiger partial charge in [-0.3, -0.25) is 4.79 Å². The van der Waals surface area contributed by atoms with Gasteiger partial charge in [0, 0.05) is 29.2 Å². The first-order chi connectivity index (χ1) is 13.8. The number of aryl methyl sites for hydroxylation is 1. The summed E-state index contributed by atoms with van der Waals surface area (Å²) >= 11 is 0. The van der Waals surface area contributed by atoms with Crippen molar-refractivity contribution in [1.29, 1.82) is 0 Å². The lowest BCUT2D eigenvalue weighted by molar-refractivity contribution is -0.275. The first-order valence-corrected chi connectivity index (χ1v) is 8.99. The third kappa shape index (κ3) is 3.27. The molecular weight excluding hydrogens is 416 g/mol. The maximum Gasteiger partial charge on any atom is 0.417 e. The molecule has 1 aliphatic heterocycles. The highest BCUT2D eigenvalue weighted by Gasteiger charge is 2.65. The van der Waals surface area contributed by atoms with Crippen LogP contribution in [0.5, 0.6) is 5.75 Å². The van der Waals surface area contributed by atoms with Crippen molar-refractivity contribution in [1.82, 2.24) is 4.98 Å². The third-order valence-electron chi connectivity index (χ3n) is 5.78. The van der Waals surface area contributed by atoms with Crippen LogP contribution in [-0.2, 0) is 4.74 Å². The van der Waals surface area contributed by atoms with Crippen LogP contribution < -0.4 is 10.2 Å². The summed E-state index contributed by atoms with van der Waals surface area (Å²) in [6.07, 6.45) is -6.25. The Balaban J connectivity index is 2.27. The van der Waals surface area contributed by atoms with Crippen molar-refractivity contribution >= 4 is 0 Å². The number of ether oxygens (including phenoxy) is 2. The minimum absolute atomic E-state index is 0.0651. The number of pyridine rings is 1. The SMILES string of the molecule is COc1c([C@H]2[C@H](c3cc(=O)c(F)c(C)[nH]3)O[C@@](C)(C(F)(F)F)[C@H]2C)ccc(F)c1F. The van der Waals surface area contributed by atoms with E-state index in [9.17, 15) is 31.1 Å². The van der Waals surface area contributed by atoms with Crippen LogP contribution in [0.2, 0.25) is 0 Å². The van der Waals surface area contributed by atoms with Crippen molar-refractivity contribution in [2.45, 2.75) is 44.6 Å². The van der Waals surface area contributed by atoms with Crippen molar-refractivity contribution in [3.8, 4) is 5.75 Å². The molecule has 0 saturated carbocycles. The van der Waals surface area contributed by atoms with E-state index in [0.717, 1.165) is 32.2 Å². The smallest absolute Gasteiger partial charge is 0.417 e. The summed E-state index contributed by atoms with van der Waals surface area (Å²) in [7, 11) is 1.06. The predicted molar refractivity (Wildman–Crippen MR) is 94.9 cm³/mol. The molecule has 1 aromatic heterocycles. The van der Waals surface area contributed by atoms with E-state index in [1.54, 1.807) is 0 Å². The molecule has 4 atom stereocenters. The van der Waals surface area contributed by atoms with Crippen molar-refractivity contribution in [2.24, 2.45) is 5.92 Å². The Morgan fingerprint density at radius 2 is 1.80 bits per heavy atom. The molecule has 0 spiro atoms. The predicted octanol–water partition coefficient (Wildman–Crippen LogP) is 4.92. The van der Waals surface area contributed by atoms with Crippen LogP contribution >= 0.6 is 0 Å². The average Bonchev–Trinajstić information content (AvgIpc) is 2.94. The van der Waals surface area contributed by atoms with E-state index in [2.05, 4.69) is 4.98 Å². The molecule has 0 aliphatic carbocycles. The lowest BCUT2D eigenvalue weighted by Gasteiger charge is -2.32. The standard InChI is InChI=1S/C20H19F6NO3/c1-8-14(10-5-6-11(21)16(23)17(10)29-4)18(30-19(8,3)20(24,25)26)12-7-13(28)15(22)9(2)27-12/h5-8,14,18H,1-4H3,(H,27,28)/t8-,14-,18-,19+/m0/s1. The zero-order valence-corrected chi connectivity index (χ0v) is 16.5. The van der Waals surface area contributed by atoms with E-state index in [1.165, 1.54) is 13.8 Å². The lowest BCUT2D eigenvalue weighted by atomic mass is 9.76. The van der Waals surface area contributed by atoms with Gasteiger partial charge in [-0.2, -0.15) is 17.6 Å². The monoisotopic (exact) mass is 435 g/mol. The third-order valence-corrected chi connectivity index (χ3v) is 5.78. The van der Waals surface area contributed by atoms with E-state index in [0.29, 0.717) is 0 Å². The first-order valence-electron chi connectivity index (χ1n) is 8.99. The van der Waals surface area contributed by atoms with Gasteiger partial charge < -0.3 is 14.5 Å². The van der Waals surface area contributed by atoms with Crippen molar-refractivity contribution in [2.75, 3.05) is 7.11 Å². The Labute approximate surface area is 167 Å². The van der Waals surface area contributed by atoms with Gasteiger partial charge in [0.15, 0.2) is 23.0 Å². The normalized spacial score (nSPS) is 26.8. The molecule has 2 aromatic rings. The molecule has 1 fully saturated rings. The first kappa shape index (κ1) is 22.2. The Morgan fingerprint density at radius 1 is 1.17 bits per heavy atom. The fraction of sp³-hybridized carbons (Fsp3) is 0.450. The molecule has 30 heavy (non-hydrogen) atoms. The van der Waals surface area contributed by atoms with E-state index < -0.39 is 58.3 Å². The molecular formula is C20H19F6NO3. The highest BCUT2D eigenvalue weighted by atomic mass is 19.4. The topological polar surface area (TPSA) is 51.3 Å². The molecule has 0 amide bonds. The number of aromatic amines is 1. The molecule has 0 bridgehead atoms. The molecule has 164 valence electrons. The summed E-state index contributed by atoms with van der Waals surface area (Å²) in [6, 6.07) is 2.70. The summed E-state index contributed by atoms with van der Waals surface area (Å²) in [4.78, 5) is 14.5. The van der Waals surface area contributed by atoms with Crippen LogP contribution in [0, 0.1) is 30.3 Å². The summed E-state index contributed by atoms with van der Waals surface area (Å²) in [5.41, 5.74) is -4.09. The van der Waals surface area contributed by atoms with E-state index in [-0.39, 0.29) is 17.0 Å². The van der Waals surface area contributed by atoms with E-state index >= 15 is 0 Å². The van der Waals surface area contributed by atoms with Gasteiger partial charge in [-0.15, -0.1) is 0 Å². The Hall–Kier alpha value is -2.49. The molecule has 0 unspecified atom stereocenters. The van der Waals surface area contributed by atoms with Gasteiger partial charge in [0.2, 0.25) is 11.2 Å². The van der Waals surface area contributed by atoms with E-state index in [1.807, 2.05) is 0 Å². The molecule has 3 rings (SSSR count). The number of methoxy groups -OCH3 is 1. The summed E-state index contributed by atoms with van der Waals surface area (Å²) < 4.78 is 93.8. The second-order valence-electron chi connectivity index (χ2n) is 7.47. The molecule has 4 nitrogen and oxygen atoms in total. The number of hydrogen-bond acceptors (Lipinski definition) is 3. The maximum atomic E-state index is 14.3. The molecule has 10 heteroatoms. The maximum absolute atomic E-state index is 14.3. The minimum atomic E-state index is -4.82. The van der Waals surface area contributed by atoms with Crippen molar-refractivity contribution in [3.63, 3.8) is 0 Å². The molecule has 1 saturated heterocycles. The lowest BCUT2D eigenvalue weighted by Crippen LogP contribution is -2.46. The zero-order chi connectivity index (χ0) is 22.6. The number of rotatable bonds is 3. The van der Waals surface area contributed by atoms with E-state index in [4.69, 9.17) is 9.47 Å². The van der Waals surface area contributed by atoms with Crippen LogP contribution in [0.15, 0.2) is 23.0 Å². The van der Waals surface area contributed by atoms with Crippen LogP contribution in [-0.4, -0.2) is 23.9 Å². The minimum Gasteiger partial charge on any atom is -0.493 e. The molecule has 0 radical (unpaired) electrons. The largest absolute Gasteiger partial charge is 0.493 e. The van der Waals surface area contributed by atoms with Crippen molar-refractivity contribution < 1.29 is 35.8 Å². The fourth-order valence-corrected chi connectivity index (χ4v) is 3.93. The second kappa shape index (κ2) is 7.33. The second-order valence-corrected chi connectivity index (χ2v) is 7.47. The fourth-order valence-electron chi connectivity index (χ4n) is 3.93. The number of H-pyrrole nitrogens is 1. The Morgan fingerprint density at radius 3 is 2.33 bits per heavy atom. The van der Waals surface area contributed by atoms with Gasteiger partial charge in [-0.05, 0) is 19.9 Å². The summed E-state index contributed by atoms with van der Waals surface area (Å²) in [5, 5.41) is 0. The average molecular weight is 435 g/mol. The van der Waals surface area contributed by atoms with Crippen LogP contribution in [0.25, 0.3) is 0 Å². The molecule has 1 N–H and O–H groups in total. The number of hydrogen-bond donors (Lipinski definition) is 1. The number of alkyl halides is 3. The van der Waals surface area contributed by atoms with Crippen molar-refractivity contribution in [3.05, 3.63) is 62.8 Å². The number of aromatic nitrogens is 1. The highest BCUT2D eigenvalue weighted by molar-refractivity contribution is 5.42. The quantitative estimate of drug-likeness (QED) is 0.697. The van der Waals surface area contributed by atoms with Crippen LogP contribution in [0.4, 0.5) is 26.3 Å². The molecule has 1 aliphatic rings. The van der Waals surface area contributed by atoms with Gasteiger partial charge in [-0.25, -0.2) is 8.78 Å². The van der Waals surface area contributed by atoms with Crippen LogP contribution in [0.3, 0.4) is 0 Å². The molecule has 1 aromatic carbocycles. The summed E-state index contributed by atoms with van der Waals surface area (Å²) in [6.45, 7) is 3.34. The van der Waals surface area contributed by atoms with Gasteiger partial charge in [0.05, 0.1) is 12.8 Å².